The van der Waals surface area contributed by atoms with Crippen molar-refractivity contribution in [2.24, 2.45) is 0 Å². The van der Waals surface area contributed by atoms with E-state index >= 15 is 0 Å². The molecule has 28 heavy (non-hydrogen) atoms. The molecular weight excluding hydrogens is 350 g/mol. The van der Waals surface area contributed by atoms with Crippen LogP contribution in [-0.2, 0) is 4.74 Å². The summed E-state index contributed by atoms with van der Waals surface area (Å²) in [5, 5.41) is 5.58. The molecule has 3 aromatic rings. The molecule has 144 valence electrons. The second-order valence-electron chi connectivity index (χ2n) is 6.37. The number of terminal acetylenes is 1. The Balaban J connectivity index is 1.98. The summed E-state index contributed by atoms with van der Waals surface area (Å²) in [5.41, 5.74) is 2.76. The zero-order valence-electron chi connectivity index (χ0n) is 16.3. The molecule has 0 aliphatic carbocycles. The van der Waals surface area contributed by atoms with Crippen molar-refractivity contribution in [3.05, 3.63) is 60.2 Å². The van der Waals surface area contributed by atoms with E-state index in [1.54, 1.807) is 7.11 Å². The molecule has 4 nitrogen and oxygen atoms in total. The second-order valence-corrected chi connectivity index (χ2v) is 6.37. The fourth-order valence-corrected chi connectivity index (χ4v) is 2.91. The van der Waals surface area contributed by atoms with E-state index < -0.39 is 0 Å². The molecule has 0 unspecified atom stereocenters. The molecule has 0 saturated carbocycles. The Labute approximate surface area is 166 Å². The van der Waals surface area contributed by atoms with E-state index in [1.807, 2.05) is 48.5 Å². The van der Waals surface area contributed by atoms with Crippen LogP contribution in [0.3, 0.4) is 0 Å². The van der Waals surface area contributed by atoms with Crippen LogP contribution in [-0.4, -0.2) is 26.9 Å². The van der Waals surface area contributed by atoms with Crippen LogP contribution in [0.25, 0.3) is 10.8 Å². The minimum Gasteiger partial charge on any atom is -0.490 e. The zero-order chi connectivity index (χ0) is 19.8. The van der Waals surface area contributed by atoms with Crippen molar-refractivity contribution in [2.45, 2.75) is 13.3 Å². The standard InChI is InChI=1S/C24H25NO3/c1-4-12-27-23-16-19-9-7-11-22(21(19)17-24(23)28-14-13-26-3)25-20-10-6-8-18(5-2)15-20/h2,6-11,15-17,25H,4,12-14H2,1,3H3. The highest BCUT2D eigenvalue weighted by Crippen LogP contribution is 2.37. The van der Waals surface area contributed by atoms with Gasteiger partial charge in [0.1, 0.15) is 6.61 Å². The minimum atomic E-state index is 0.463. The first kappa shape index (κ1) is 19.6. The SMILES string of the molecule is C#Cc1cccc(Nc2cccc3cc(OCCC)c(OCCOC)cc23)c1. The van der Waals surface area contributed by atoms with Gasteiger partial charge in [0.25, 0.3) is 0 Å². The van der Waals surface area contributed by atoms with E-state index in [1.165, 1.54) is 0 Å². The molecule has 0 heterocycles. The number of anilines is 2. The molecule has 0 amide bonds. The van der Waals surface area contributed by atoms with Crippen molar-refractivity contribution >= 4 is 22.1 Å². The number of ether oxygens (including phenoxy) is 3. The normalized spacial score (nSPS) is 10.5. The Hall–Kier alpha value is -3.16. The maximum atomic E-state index is 5.92. The number of methoxy groups -OCH3 is 1. The van der Waals surface area contributed by atoms with Gasteiger partial charge in [0.15, 0.2) is 11.5 Å². The fourth-order valence-electron chi connectivity index (χ4n) is 2.91. The predicted molar refractivity (Wildman–Crippen MR) is 115 cm³/mol. The van der Waals surface area contributed by atoms with Crippen molar-refractivity contribution in [3.8, 4) is 23.8 Å². The van der Waals surface area contributed by atoms with Crippen LogP contribution in [0.4, 0.5) is 11.4 Å². The van der Waals surface area contributed by atoms with Gasteiger partial charge in [-0.25, -0.2) is 0 Å². The molecule has 0 atom stereocenters. The Morgan fingerprint density at radius 1 is 0.929 bits per heavy atom. The summed E-state index contributed by atoms with van der Waals surface area (Å²) in [5.74, 6) is 4.13. The van der Waals surface area contributed by atoms with Gasteiger partial charge in [-0.3, -0.25) is 0 Å². The lowest BCUT2D eigenvalue weighted by Crippen LogP contribution is -2.06. The molecule has 4 heteroatoms. The lowest BCUT2D eigenvalue weighted by Gasteiger charge is -2.16. The molecule has 0 saturated heterocycles. The summed E-state index contributed by atoms with van der Waals surface area (Å²) < 4.78 is 16.9. The lowest BCUT2D eigenvalue weighted by atomic mass is 10.1. The molecule has 0 radical (unpaired) electrons. The average molecular weight is 375 g/mol. The Kier molecular flexibility index (Phi) is 6.78. The molecule has 3 aromatic carbocycles. The monoisotopic (exact) mass is 375 g/mol. The molecule has 1 N–H and O–H groups in total. The van der Waals surface area contributed by atoms with Crippen LogP contribution < -0.4 is 14.8 Å². The van der Waals surface area contributed by atoms with Crippen molar-refractivity contribution in [2.75, 3.05) is 32.2 Å². The van der Waals surface area contributed by atoms with Crippen molar-refractivity contribution < 1.29 is 14.2 Å². The van der Waals surface area contributed by atoms with E-state index in [-0.39, 0.29) is 0 Å². The number of benzene rings is 3. The highest BCUT2D eigenvalue weighted by Gasteiger charge is 2.11. The van der Waals surface area contributed by atoms with Crippen LogP contribution >= 0.6 is 0 Å². The summed E-state index contributed by atoms with van der Waals surface area (Å²) in [6, 6.07) is 18.0. The molecule has 0 aromatic heterocycles. The van der Waals surface area contributed by atoms with E-state index in [2.05, 4.69) is 24.2 Å². The second kappa shape index (κ2) is 9.68. The van der Waals surface area contributed by atoms with Crippen molar-refractivity contribution in [1.82, 2.24) is 0 Å². The largest absolute Gasteiger partial charge is 0.490 e. The minimum absolute atomic E-state index is 0.463. The van der Waals surface area contributed by atoms with Crippen molar-refractivity contribution in [3.63, 3.8) is 0 Å². The first-order valence-electron chi connectivity index (χ1n) is 9.40. The molecule has 0 aliphatic rings. The summed E-state index contributed by atoms with van der Waals surface area (Å²) in [4.78, 5) is 0. The number of rotatable bonds is 9. The number of nitrogens with one attached hydrogen (secondary N) is 1. The molecule has 0 aliphatic heterocycles. The fraction of sp³-hybridized carbons (Fsp3) is 0.250. The third-order valence-corrected chi connectivity index (χ3v) is 4.26. The molecule has 0 fully saturated rings. The highest BCUT2D eigenvalue weighted by molar-refractivity contribution is 5.97. The number of hydrogen-bond donors (Lipinski definition) is 1. The maximum Gasteiger partial charge on any atom is 0.162 e. The smallest absolute Gasteiger partial charge is 0.162 e. The molecule has 0 bridgehead atoms. The topological polar surface area (TPSA) is 39.7 Å². The van der Waals surface area contributed by atoms with Gasteiger partial charge >= 0.3 is 0 Å². The van der Waals surface area contributed by atoms with Gasteiger partial charge in [-0.05, 0) is 48.2 Å². The van der Waals surface area contributed by atoms with E-state index in [0.717, 1.165) is 39.9 Å². The first-order chi connectivity index (χ1) is 13.7. The highest BCUT2D eigenvalue weighted by atomic mass is 16.5. The summed E-state index contributed by atoms with van der Waals surface area (Å²) in [6.07, 6.45) is 6.45. The summed E-state index contributed by atoms with van der Waals surface area (Å²) >= 11 is 0. The van der Waals surface area contributed by atoms with Gasteiger partial charge < -0.3 is 19.5 Å². The van der Waals surface area contributed by atoms with Crippen LogP contribution in [0.1, 0.15) is 18.9 Å². The Morgan fingerprint density at radius 2 is 1.71 bits per heavy atom. The third-order valence-electron chi connectivity index (χ3n) is 4.26. The maximum absolute atomic E-state index is 5.92. The number of hydrogen-bond acceptors (Lipinski definition) is 4. The Bertz CT molecular complexity index is 975. The first-order valence-corrected chi connectivity index (χ1v) is 9.40. The quantitative estimate of drug-likeness (QED) is 0.403. The third kappa shape index (κ3) is 4.76. The summed E-state index contributed by atoms with van der Waals surface area (Å²) in [6.45, 7) is 3.70. The van der Waals surface area contributed by atoms with Gasteiger partial charge in [0.05, 0.1) is 13.2 Å². The average Bonchev–Trinajstić information content (AvgIpc) is 2.73. The van der Waals surface area contributed by atoms with Crippen molar-refractivity contribution in [1.29, 1.82) is 0 Å². The predicted octanol–water partition coefficient (Wildman–Crippen LogP) is 5.38. The van der Waals surface area contributed by atoms with Gasteiger partial charge in [-0.15, -0.1) is 6.42 Å². The van der Waals surface area contributed by atoms with Crippen LogP contribution in [0.2, 0.25) is 0 Å². The zero-order valence-corrected chi connectivity index (χ0v) is 16.3. The lowest BCUT2D eigenvalue weighted by molar-refractivity contribution is 0.143. The molecule has 0 spiro atoms. The number of fused-ring (bicyclic) bond motifs is 1. The van der Waals surface area contributed by atoms with Gasteiger partial charge in [0.2, 0.25) is 0 Å². The Morgan fingerprint density at radius 3 is 2.50 bits per heavy atom. The van der Waals surface area contributed by atoms with Gasteiger partial charge in [-0.2, -0.15) is 0 Å². The molecule has 3 rings (SSSR count). The van der Waals surface area contributed by atoms with E-state index in [9.17, 15) is 0 Å². The van der Waals surface area contributed by atoms with E-state index in [4.69, 9.17) is 20.6 Å². The van der Waals surface area contributed by atoms with Gasteiger partial charge in [-0.1, -0.05) is 31.0 Å². The van der Waals surface area contributed by atoms with Gasteiger partial charge in [0, 0.05) is 29.4 Å². The molecular formula is C24H25NO3. The van der Waals surface area contributed by atoms with E-state index in [0.29, 0.717) is 25.6 Å². The summed E-state index contributed by atoms with van der Waals surface area (Å²) in [7, 11) is 1.66. The van der Waals surface area contributed by atoms with Crippen LogP contribution in [0.5, 0.6) is 11.5 Å². The van der Waals surface area contributed by atoms with Crippen LogP contribution in [0.15, 0.2) is 54.6 Å². The van der Waals surface area contributed by atoms with Crippen LogP contribution in [0, 0.1) is 12.3 Å².